The third kappa shape index (κ3) is 4.33. The van der Waals surface area contributed by atoms with Crippen LogP contribution in [0.15, 0.2) is 23.1 Å². The fourth-order valence-corrected chi connectivity index (χ4v) is 4.59. The summed E-state index contributed by atoms with van der Waals surface area (Å²) in [6, 6.07) is 4.86. The van der Waals surface area contributed by atoms with Gasteiger partial charge in [0.2, 0.25) is 10.0 Å². The lowest BCUT2D eigenvalue weighted by Gasteiger charge is -2.34. The predicted octanol–water partition coefficient (Wildman–Crippen LogP) is 3.14. The lowest BCUT2D eigenvalue weighted by atomic mass is 10.1. The summed E-state index contributed by atoms with van der Waals surface area (Å²) in [4.78, 5) is 2.43. The summed E-state index contributed by atoms with van der Waals surface area (Å²) >= 11 is 11.8. The normalized spacial score (nSPS) is 18.3. The van der Waals surface area contributed by atoms with Crippen molar-refractivity contribution >= 4 is 33.2 Å². The summed E-state index contributed by atoms with van der Waals surface area (Å²) in [5.74, 6) is 0. The van der Waals surface area contributed by atoms with Crippen LogP contribution in [0.2, 0.25) is 10.0 Å². The van der Waals surface area contributed by atoms with Gasteiger partial charge in [-0.2, -0.15) is 0 Å². The average Bonchev–Trinajstić information content (AvgIpc) is 2.38. The van der Waals surface area contributed by atoms with Crippen molar-refractivity contribution in [2.45, 2.75) is 43.7 Å². The van der Waals surface area contributed by atoms with Gasteiger partial charge < -0.3 is 4.90 Å². The van der Waals surface area contributed by atoms with Gasteiger partial charge in [0.15, 0.2) is 0 Å². The summed E-state index contributed by atoms with van der Waals surface area (Å²) in [7, 11) is -3.60. The quantitative estimate of drug-likeness (QED) is 0.907. The van der Waals surface area contributed by atoms with E-state index in [2.05, 4.69) is 23.5 Å². The summed E-state index contributed by atoms with van der Waals surface area (Å²) in [6.45, 7) is 6.11. The highest BCUT2D eigenvalue weighted by Gasteiger charge is 2.26. The molecule has 1 aliphatic rings. The van der Waals surface area contributed by atoms with Crippen LogP contribution in [0.4, 0.5) is 0 Å². The number of rotatable bonds is 4. The fourth-order valence-electron chi connectivity index (χ4n) is 2.51. The number of benzene rings is 1. The molecule has 0 atom stereocenters. The van der Waals surface area contributed by atoms with Gasteiger partial charge in [-0.05, 0) is 58.0 Å². The second-order valence-corrected chi connectivity index (χ2v) is 8.13. The topological polar surface area (TPSA) is 49.4 Å². The van der Waals surface area contributed by atoms with Gasteiger partial charge in [0, 0.05) is 17.1 Å². The van der Waals surface area contributed by atoms with Crippen molar-refractivity contribution in [3.63, 3.8) is 0 Å². The first-order chi connectivity index (χ1) is 9.79. The van der Waals surface area contributed by atoms with Gasteiger partial charge in [-0.1, -0.05) is 23.2 Å². The van der Waals surface area contributed by atoms with Crippen molar-refractivity contribution < 1.29 is 8.42 Å². The standard InChI is InChI=1S/C14H20Cl2N2O2S/c1-10(2)18-7-5-12(6-8-18)17-21(19,20)14-4-3-11(15)9-13(14)16/h3-4,9-10,12,17H,5-8H2,1-2H3. The molecular formula is C14H20Cl2N2O2S. The Balaban J connectivity index is 2.05. The van der Waals surface area contributed by atoms with Crippen molar-refractivity contribution in [1.82, 2.24) is 9.62 Å². The number of piperidine rings is 1. The molecule has 4 nitrogen and oxygen atoms in total. The summed E-state index contributed by atoms with van der Waals surface area (Å²) in [6.07, 6.45) is 1.62. The smallest absolute Gasteiger partial charge is 0.242 e. The fraction of sp³-hybridized carbons (Fsp3) is 0.571. The minimum Gasteiger partial charge on any atom is -0.301 e. The van der Waals surface area contributed by atoms with E-state index in [4.69, 9.17) is 23.2 Å². The minimum atomic E-state index is -3.60. The van der Waals surface area contributed by atoms with Gasteiger partial charge >= 0.3 is 0 Å². The Morgan fingerprint density at radius 3 is 2.38 bits per heavy atom. The van der Waals surface area contributed by atoms with E-state index in [0.717, 1.165) is 25.9 Å². The molecule has 21 heavy (non-hydrogen) atoms. The van der Waals surface area contributed by atoms with Gasteiger partial charge in [0.25, 0.3) is 0 Å². The van der Waals surface area contributed by atoms with Crippen LogP contribution in [0.1, 0.15) is 26.7 Å². The zero-order valence-corrected chi connectivity index (χ0v) is 14.5. The predicted molar refractivity (Wildman–Crippen MR) is 86.5 cm³/mol. The van der Waals surface area contributed by atoms with Crippen LogP contribution in [0.25, 0.3) is 0 Å². The summed E-state index contributed by atoms with van der Waals surface area (Å²) in [5.41, 5.74) is 0. The van der Waals surface area contributed by atoms with Crippen LogP contribution in [0, 0.1) is 0 Å². The van der Waals surface area contributed by atoms with Gasteiger partial charge in [0.1, 0.15) is 4.90 Å². The molecule has 7 heteroatoms. The Hall–Kier alpha value is -0.330. The molecule has 0 amide bonds. The molecule has 1 saturated heterocycles. The minimum absolute atomic E-state index is 0.0447. The number of hydrogen-bond acceptors (Lipinski definition) is 3. The van der Waals surface area contributed by atoms with Crippen molar-refractivity contribution in [3.8, 4) is 0 Å². The third-order valence-corrected chi connectivity index (χ3v) is 6.00. The lowest BCUT2D eigenvalue weighted by molar-refractivity contribution is 0.168. The van der Waals surface area contributed by atoms with Crippen LogP contribution < -0.4 is 4.72 Å². The number of nitrogens with one attached hydrogen (secondary N) is 1. The first kappa shape index (κ1) is 17.0. The molecule has 1 N–H and O–H groups in total. The maximum Gasteiger partial charge on any atom is 0.242 e. The van der Waals surface area contributed by atoms with Crippen LogP contribution >= 0.6 is 23.2 Å². The van der Waals surface area contributed by atoms with E-state index in [-0.39, 0.29) is 16.0 Å². The van der Waals surface area contributed by atoms with E-state index in [1.54, 1.807) is 0 Å². The van der Waals surface area contributed by atoms with Crippen LogP contribution in [0.5, 0.6) is 0 Å². The van der Waals surface area contributed by atoms with E-state index < -0.39 is 10.0 Å². The molecule has 0 spiro atoms. The highest BCUT2D eigenvalue weighted by atomic mass is 35.5. The molecular weight excluding hydrogens is 331 g/mol. The number of halogens is 2. The molecule has 1 aromatic rings. The largest absolute Gasteiger partial charge is 0.301 e. The molecule has 0 aromatic heterocycles. The van der Waals surface area contributed by atoms with E-state index in [9.17, 15) is 8.42 Å². The molecule has 1 aliphatic heterocycles. The molecule has 0 radical (unpaired) electrons. The first-order valence-corrected chi connectivity index (χ1v) is 9.25. The molecule has 0 saturated carbocycles. The highest BCUT2D eigenvalue weighted by molar-refractivity contribution is 7.89. The van der Waals surface area contributed by atoms with Crippen molar-refractivity contribution in [3.05, 3.63) is 28.2 Å². The molecule has 1 heterocycles. The molecule has 0 unspecified atom stereocenters. The van der Waals surface area contributed by atoms with Gasteiger partial charge in [-0.25, -0.2) is 13.1 Å². The van der Waals surface area contributed by atoms with Crippen molar-refractivity contribution in [1.29, 1.82) is 0 Å². The maximum atomic E-state index is 12.4. The average molecular weight is 351 g/mol. The second-order valence-electron chi connectivity index (χ2n) is 5.60. The van der Waals surface area contributed by atoms with E-state index in [1.807, 2.05) is 0 Å². The van der Waals surface area contributed by atoms with E-state index >= 15 is 0 Å². The van der Waals surface area contributed by atoms with Crippen LogP contribution in [0.3, 0.4) is 0 Å². The van der Waals surface area contributed by atoms with Gasteiger partial charge in [-0.15, -0.1) is 0 Å². The number of sulfonamides is 1. The summed E-state index contributed by atoms with van der Waals surface area (Å²) in [5, 5.41) is 0.568. The number of nitrogens with zero attached hydrogens (tertiary/aromatic N) is 1. The monoisotopic (exact) mass is 350 g/mol. The van der Waals surface area contributed by atoms with E-state index in [0.29, 0.717) is 11.1 Å². The second kappa shape index (κ2) is 6.84. The Bertz CT molecular complexity index is 597. The van der Waals surface area contributed by atoms with Gasteiger partial charge in [0.05, 0.1) is 5.02 Å². The molecule has 0 aliphatic carbocycles. The zero-order valence-electron chi connectivity index (χ0n) is 12.1. The summed E-state index contributed by atoms with van der Waals surface area (Å²) < 4.78 is 27.5. The first-order valence-electron chi connectivity index (χ1n) is 7.01. The van der Waals surface area contributed by atoms with E-state index in [1.165, 1.54) is 18.2 Å². The highest BCUT2D eigenvalue weighted by Crippen LogP contribution is 2.25. The Morgan fingerprint density at radius 1 is 1.24 bits per heavy atom. The Kier molecular flexibility index (Phi) is 5.54. The Morgan fingerprint density at radius 2 is 1.86 bits per heavy atom. The lowest BCUT2D eigenvalue weighted by Crippen LogP contribution is -2.46. The maximum absolute atomic E-state index is 12.4. The number of likely N-dealkylation sites (tertiary alicyclic amines) is 1. The third-order valence-electron chi connectivity index (χ3n) is 3.77. The van der Waals surface area contributed by atoms with Crippen molar-refractivity contribution in [2.75, 3.05) is 13.1 Å². The van der Waals surface area contributed by atoms with Gasteiger partial charge in [-0.3, -0.25) is 0 Å². The van der Waals surface area contributed by atoms with Crippen LogP contribution in [-0.2, 0) is 10.0 Å². The number of hydrogen-bond donors (Lipinski definition) is 1. The molecule has 1 aromatic carbocycles. The molecule has 0 bridgehead atoms. The van der Waals surface area contributed by atoms with Crippen LogP contribution in [-0.4, -0.2) is 38.5 Å². The zero-order chi connectivity index (χ0) is 15.6. The SMILES string of the molecule is CC(C)N1CCC(NS(=O)(=O)c2ccc(Cl)cc2Cl)CC1. The Labute approximate surface area is 136 Å². The van der Waals surface area contributed by atoms with Crippen molar-refractivity contribution in [2.24, 2.45) is 0 Å². The molecule has 1 fully saturated rings. The molecule has 2 rings (SSSR count). The molecule has 118 valence electrons.